The zero-order valence-corrected chi connectivity index (χ0v) is 16.8. The van der Waals surface area contributed by atoms with Gasteiger partial charge in [-0.15, -0.1) is 22.7 Å². The monoisotopic (exact) mass is 409 g/mol. The number of ketones is 1. The first-order valence-corrected chi connectivity index (χ1v) is 10.7. The van der Waals surface area contributed by atoms with Crippen LogP contribution in [0.1, 0.15) is 60.9 Å². The van der Waals surface area contributed by atoms with Gasteiger partial charge in [-0.05, 0) is 6.42 Å². The Morgan fingerprint density at radius 3 is 2.63 bits per heavy atom. The average molecular weight is 410 g/mol. The van der Waals surface area contributed by atoms with Crippen LogP contribution in [0.4, 0.5) is 0 Å². The van der Waals surface area contributed by atoms with Crippen molar-refractivity contribution >= 4 is 40.3 Å². The summed E-state index contributed by atoms with van der Waals surface area (Å²) < 4.78 is 0. The minimum Gasteiger partial charge on any atom is -0.481 e. The van der Waals surface area contributed by atoms with Crippen LogP contribution in [0.15, 0.2) is 10.8 Å². The number of hydrogen-bond acceptors (Lipinski definition) is 7. The first-order valence-electron chi connectivity index (χ1n) is 8.91. The number of nitrogens with zero attached hydrogens (tertiary/aromatic N) is 2. The Morgan fingerprint density at radius 1 is 1.07 bits per heavy atom. The lowest BCUT2D eigenvalue weighted by atomic mass is 10.1. The van der Waals surface area contributed by atoms with Gasteiger partial charge in [-0.1, -0.05) is 19.8 Å². The predicted molar refractivity (Wildman–Crippen MR) is 105 cm³/mol. The highest BCUT2D eigenvalue weighted by atomic mass is 32.1. The lowest BCUT2D eigenvalue weighted by Gasteiger charge is -2.02. The van der Waals surface area contributed by atoms with E-state index in [2.05, 4.69) is 22.2 Å². The van der Waals surface area contributed by atoms with Gasteiger partial charge in [-0.3, -0.25) is 14.4 Å². The number of Topliss-reactive ketones (excluding diaryl/α,β-unsaturated/α-hetero) is 1. The van der Waals surface area contributed by atoms with Gasteiger partial charge >= 0.3 is 5.97 Å². The third-order valence-corrected chi connectivity index (χ3v) is 5.57. The SMILES string of the molecule is CCCCCC(=O)c1csc(-c2csc(CCNC(=O)CCC(=O)O)n2)n1. The fourth-order valence-electron chi connectivity index (χ4n) is 2.32. The van der Waals surface area contributed by atoms with E-state index in [9.17, 15) is 14.4 Å². The van der Waals surface area contributed by atoms with Crippen LogP contribution in [0.3, 0.4) is 0 Å². The van der Waals surface area contributed by atoms with Gasteiger partial charge in [0, 0.05) is 36.6 Å². The van der Waals surface area contributed by atoms with Crippen molar-refractivity contribution in [3.8, 4) is 10.7 Å². The Kier molecular flexibility index (Phi) is 8.53. The first-order chi connectivity index (χ1) is 13.0. The maximum atomic E-state index is 12.1. The molecule has 0 aromatic carbocycles. The molecular formula is C18H23N3O4S2. The van der Waals surface area contributed by atoms with Crippen molar-refractivity contribution < 1.29 is 19.5 Å². The van der Waals surface area contributed by atoms with Crippen molar-refractivity contribution in [2.24, 2.45) is 0 Å². The summed E-state index contributed by atoms with van der Waals surface area (Å²) in [5, 5.41) is 16.5. The highest BCUT2D eigenvalue weighted by Crippen LogP contribution is 2.26. The van der Waals surface area contributed by atoms with Gasteiger partial charge in [-0.25, -0.2) is 9.97 Å². The number of thiazole rings is 2. The summed E-state index contributed by atoms with van der Waals surface area (Å²) in [6, 6.07) is 0. The number of carbonyl (C=O) groups excluding carboxylic acids is 2. The Hall–Kier alpha value is -2.13. The molecule has 2 heterocycles. The van der Waals surface area contributed by atoms with Gasteiger partial charge in [0.05, 0.1) is 11.4 Å². The highest BCUT2D eigenvalue weighted by molar-refractivity contribution is 7.14. The van der Waals surface area contributed by atoms with E-state index < -0.39 is 5.97 Å². The summed E-state index contributed by atoms with van der Waals surface area (Å²) in [4.78, 5) is 43.0. The zero-order valence-electron chi connectivity index (χ0n) is 15.2. The number of carboxylic acid groups (broad SMARTS) is 1. The zero-order chi connectivity index (χ0) is 19.6. The molecule has 7 nitrogen and oxygen atoms in total. The number of rotatable bonds is 12. The van der Waals surface area contributed by atoms with Gasteiger partial charge in [0.2, 0.25) is 5.91 Å². The third-order valence-electron chi connectivity index (χ3n) is 3.80. The molecule has 0 spiro atoms. The lowest BCUT2D eigenvalue weighted by Crippen LogP contribution is -2.25. The number of aliphatic carboxylic acids is 1. The summed E-state index contributed by atoms with van der Waals surface area (Å²) >= 11 is 2.88. The second kappa shape index (κ2) is 10.9. The van der Waals surface area contributed by atoms with E-state index in [1.54, 1.807) is 5.38 Å². The molecular weight excluding hydrogens is 386 g/mol. The molecule has 1 amide bonds. The van der Waals surface area contributed by atoms with Gasteiger partial charge < -0.3 is 10.4 Å². The van der Waals surface area contributed by atoms with Crippen LogP contribution in [0.2, 0.25) is 0 Å². The molecule has 0 saturated heterocycles. The molecule has 0 bridgehead atoms. The van der Waals surface area contributed by atoms with Crippen molar-refractivity contribution in [3.63, 3.8) is 0 Å². The number of nitrogens with one attached hydrogen (secondary N) is 1. The second-order valence-corrected chi connectivity index (χ2v) is 7.84. The number of carboxylic acids is 1. The summed E-state index contributed by atoms with van der Waals surface area (Å²) in [7, 11) is 0. The molecule has 2 N–H and O–H groups in total. The van der Waals surface area contributed by atoms with Gasteiger partial charge in [-0.2, -0.15) is 0 Å². The van der Waals surface area contributed by atoms with Crippen LogP contribution in [-0.4, -0.2) is 39.3 Å². The van der Waals surface area contributed by atoms with Gasteiger partial charge in [0.1, 0.15) is 16.4 Å². The summed E-state index contributed by atoms with van der Waals surface area (Å²) in [6.07, 6.45) is 3.92. The molecule has 27 heavy (non-hydrogen) atoms. The van der Waals surface area contributed by atoms with Crippen LogP contribution < -0.4 is 5.32 Å². The Bertz CT molecular complexity index is 785. The number of hydrogen-bond donors (Lipinski definition) is 2. The molecule has 0 fully saturated rings. The standard InChI is InChI=1S/C18H23N3O4S2/c1-2-3-4-5-14(22)12-10-27-18(21-12)13-11-26-16(20-13)8-9-19-15(23)6-7-17(24)25/h10-11H,2-9H2,1H3,(H,19,23)(H,24,25). The predicted octanol–water partition coefficient (Wildman–Crippen LogP) is 3.55. The minimum absolute atomic E-state index is 0.0212. The molecule has 0 aliphatic carbocycles. The molecule has 2 rings (SSSR count). The van der Waals surface area contributed by atoms with E-state index in [0.717, 1.165) is 35.0 Å². The summed E-state index contributed by atoms with van der Waals surface area (Å²) in [5.74, 6) is -1.19. The molecule has 2 aromatic heterocycles. The molecule has 0 atom stereocenters. The maximum absolute atomic E-state index is 12.1. The second-order valence-electron chi connectivity index (χ2n) is 6.04. The fraction of sp³-hybridized carbons (Fsp3) is 0.500. The number of unbranched alkanes of at least 4 members (excludes halogenated alkanes) is 2. The van der Waals surface area contributed by atoms with Crippen molar-refractivity contribution in [3.05, 3.63) is 21.5 Å². The van der Waals surface area contributed by atoms with Crippen molar-refractivity contribution in [1.29, 1.82) is 0 Å². The number of carbonyl (C=O) groups is 3. The van der Waals surface area contributed by atoms with Crippen LogP contribution in [0, 0.1) is 0 Å². The first kappa shape index (κ1) is 21.2. The van der Waals surface area contributed by atoms with E-state index in [0.29, 0.717) is 25.1 Å². The van der Waals surface area contributed by atoms with E-state index in [-0.39, 0.29) is 24.5 Å². The normalized spacial score (nSPS) is 10.7. The molecule has 0 radical (unpaired) electrons. The minimum atomic E-state index is -0.985. The molecule has 0 aliphatic rings. The van der Waals surface area contributed by atoms with Crippen LogP contribution in [0.25, 0.3) is 10.7 Å². The van der Waals surface area contributed by atoms with E-state index >= 15 is 0 Å². The molecule has 2 aromatic rings. The van der Waals surface area contributed by atoms with Crippen molar-refractivity contribution in [2.45, 2.75) is 51.9 Å². The van der Waals surface area contributed by atoms with E-state index in [1.165, 1.54) is 22.7 Å². The van der Waals surface area contributed by atoms with Crippen molar-refractivity contribution in [2.75, 3.05) is 6.54 Å². The third kappa shape index (κ3) is 7.18. The molecule has 0 saturated carbocycles. The smallest absolute Gasteiger partial charge is 0.303 e. The largest absolute Gasteiger partial charge is 0.481 e. The highest BCUT2D eigenvalue weighted by Gasteiger charge is 2.14. The summed E-state index contributed by atoms with van der Waals surface area (Å²) in [5.41, 5.74) is 1.25. The van der Waals surface area contributed by atoms with E-state index in [1.807, 2.05) is 5.38 Å². The quantitative estimate of drug-likeness (QED) is 0.410. The average Bonchev–Trinajstić information content (AvgIpc) is 3.29. The Balaban J connectivity index is 1.82. The number of aromatic nitrogens is 2. The van der Waals surface area contributed by atoms with Crippen molar-refractivity contribution in [1.82, 2.24) is 15.3 Å². The molecule has 9 heteroatoms. The fourth-order valence-corrected chi connectivity index (χ4v) is 3.97. The number of amides is 1. The van der Waals surface area contributed by atoms with E-state index in [4.69, 9.17) is 5.11 Å². The molecule has 146 valence electrons. The molecule has 0 unspecified atom stereocenters. The lowest BCUT2D eigenvalue weighted by molar-refractivity contribution is -0.138. The Labute approximate surface area is 165 Å². The maximum Gasteiger partial charge on any atom is 0.303 e. The summed E-state index contributed by atoms with van der Waals surface area (Å²) in [6.45, 7) is 2.51. The van der Waals surface area contributed by atoms with Gasteiger partial charge in [0.15, 0.2) is 5.78 Å². The topological polar surface area (TPSA) is 109 Å². The van der Waals surface area contributed by atoms with Crippen LogP contribution in [-0.2, 0) is 16.0 Å². The van der Waals surface area contributed by atoms with Gasteiger partial charge in [0.25, 0.3) is 0 Å². The van der Waals surface area contributed by atoms with Crippen LogP contribution in [0.5, 0.6) is 0 Å². The molecule has 0 aliphatic heterocycles. The van der Waals surface area contributed by atoms with Crippen LogP contribution >= 0.6 is 22.7 Å². The Morgan fingerprint density at radius 2 is 1.89 bits per heavy atom.